The van der Waals surface area contributed by atoms with E-state index in [9.17, 15) is 0 Å². The standard InChI is InChI=1S/C14H19BrO/c1-12-5-4-6-13(9-12)16-11-14(10-15)7-2-3-8-14/h4-6,9H,2-3,7-8,10-11H2,1H3. The Morgan fingerprint density at radius 3 is 2.69 bits per heavy atom. The average Bonchev–Trinajstić information content (AvgIpc) is 2.76. The van der Waals surface area contributed by atoms with Crippen LogP contribution < -0.4 is 4.74 Å². The summed E-state index contributed by atoms with van der Waals surface area (Å²) < 4.78 is 5.94. The lowest BCUT2D eigenvalue weighted by Crippen LogP contribution is -2.26. The van der Waals surface area contributed by atoms with Gasteiger partial charge < -0.3 is 4.74 Å². The monoisotopic (exact) mass is 282 g/mol. The molecule has 16 heavy (non-hydrogen) atoms. The second-order valence-corrected chi connectivity index (χ2v) is 5.51. The van der Waals surface area contributed by atoms with E-state index in [4.69, 9.17) is 4.74 Å². The van der Waals surface area contributed by atoms with Crippen LogP contribution in [0.3, 0.4) is 0 Å². The molecule has 0 spiro atoms. The van der Waals surface area contributed by atoms with Crippen LogP contribution in [0.25, 0.3) is 0 Å². The molecule has 0 N–H and O–H groups in total. The van der Waals surface area contributed by atoms with Gasteiger partial charge in [0.25, 0.3) is 0 Å². The van der Waals surface area contributed by atoms with Crippen LogP contribution in [0.5, 0.6) is 5.75 Å². The molecule has 1 saturated carbocycles. The Bertz CT molecular complexity index is 342. The van der Waals surface area contributed by atoms with E-state index in [0.29, 0.717) is 5.41 Å². The van der Waals surface area contributed by atoms with Gasteiger partial charge in [-0.15, -0.1) is 0 Å². The number of hydrogen-bond donors (Lipinski definition) is 0. The van der Waals surface area contributed by atoms with Gasteiger partial charge in [-0.05, 0) is 37.5 Å². The van der Waals surface area contributed by atoms with Gasteiger partial charge in [-0.1, -0.05) is 40.9 Å². The number of hydrogen-bond acceptors (Lipinski definition) is 1. The largest absolute Gasteiger partial charge is 0.493 e. The summed E-state index contributed by atoms with van der Waals surface area (Å²) in [6.45, 7) is 2.95. The van der Waals surface area contributed by atoms with E-state index in [0.717, 1.165) is 17.7 Å². The van der Waals surface area contributed by atoms with Crippen molar-refractivity contribution in [2.75, 3.05) is 11.9 Å². The molecule has 1 aromatic rings. The van der Waals surface area contributed by atoms with Gasteiger partial charge in [-0.3, -0.25) is 0 Å². The molecule has 1 aliphatic rings. The Labute approximate surface area is 106 Å². The first kappa shape index (κ1) is 12.0. The lowest BCUT2D eigenvalue weighted by molar-refractivity contribution is 0.174. The molecule has 1 nitrogen and oxygen atoms in total. The van der Waals surface area contributed by atoms with E-state index in [1.54, 1.807) is 0 Å². The van der Waals surface area contributed by atoms with Crippen molar-refractivity contribution >= 4 is 15.9 Å². The summed E-state index contributed by atoms with van der Waals surface area (Å²) in [7, 11) is 0. The Hall–Kier alpha value is -0.500. The van der Waals surface area contributed by atoms with E-state index in [-0.39, 0.29) is 0 Å². The van der Waals surface area contributed by atoms with Crippen molar-refractivity contribution in [3.63, 3.8) is 0 Å². The zero-order valence-corrected chi connectivity index (χ0v) is 11.4. The predicted octanol–water partition coefficient (Wildman–Crippen LogP) is 4.33. The van der Waals surface area contributed by atoms with Crippen LogP contribution in [-0.2, 0) is 0 Å². The first-order valence-corrected chi connectivity index (χ1v) is 7.12. The van der Waals surface area contributed by atoms with Gasteiger partial charge >= 0.3 is 0 Å². The molecule has 0 saturated heterocycles. The van der Waals surface area contributed by atoms with Crippen LogP contribution in [0, 0.1) is 12.3 Å². The number of benzene rings is 1. The Balaban J connectivity index is 1.95. The molecular formula is C14H19BrO. The summed E-state index contributed by atoms with van der Waals surface area (Å²) >= 11 is 3.64. The lowest BCUT2D eigenvalue weighted by atomic mass is 9.90. The molecule has 1 fully saturated rings. The Morgan fingerprint density at radius 1 is 1.31 bits per heavy atom. The minimum Gasteiger partial charge on any atom is -0.493 e. The fourth-order valence-electron chi connectivity index (χ4n) is 2.38. The number of rotatable bonds is 4. The summed E-state index contributed by atoms with van der Waals surface area (Å²) in [4.78, 5) is 0. The third kappa shape index (κ3) is 2.79. The smallest absolute Gasteiger partial charge is 0.119 e. The Morgan fingerprint density at radius 2 is 2.06 bits per heavy atom. The predicted molar refractivity (Wildman–Crippen MR) is 71.4 cm³/mol. The molecule has 2 heteroatoms. The summed E-state index contributed by atoms with van der Waals surface area (Å²) in [5.74, 6) is 1.01. The molecule has 2 rings (SSSR count). The highest BCUT2D eigenvalue weighted by atomic mass is 79.9. The molecule has 0 aromatic heterocycles. The number of ether oxygens (including phenoxy) is 1. The van der Waals surface area contributed by atoms with Crippen LogP contribution in [0.1, 0.15) is 31.2 Å². The summed E-state index contributed by atoms with van der Waals surface area (Å²) in [5.41, 5.74) is 1.64. The van der Waals surface area contributed by atoms with Crippen molar-refractivity contribution in [2.45, 2.75) is 32.6 Å². The van der Waals surface area contributed by atoms with Crippen molar-refractivity contribution in [3.05, 3.63) is 29.8 Å². The molecule has 0 atom stereocenters. The van der Waals surface area contributed by atoms with E-state index >= 15 is 0 Å². The average molecular weight is 283 g/mol. The maximum absolute atomic E-state index is 5.94. The third-order valence-corrected chi connectivity index (χ3v) is 4.67. The molecule has 0 bridgehead atoms. The van der Waals surface area contributed by atoms with Gasteiger partial charge in [0.15, 0.2) is 0 Å². The van der Waals surface area contributed by atoms with Crippen LogP contribution >= 0.6 is 15.9 Å². The summed E-state index contributed by atoms with van der Waals surface area (Å²) in [6, 6.07) is 8.31. The maximum Gasteiger partial charge on any atom is 0.119 e. The maximum atomic E-state index is 5.94. The summed E-state index contributed by atoms with van der Waals surface area (Å²) in [6.07, 6.45) is 5.29. The number of aryl methyl sites for hydroxylation is 1. The van der Waals surface area contributed by atoms with Crippen molar-refractivity contribution < 1.29 is 4.74 Å². The fraction of sp³-hybridized carbons (Fsp3) is 0.571. The van der Waals surface area contributed by atoms with Crippen LogP contribution in [-0.4, -0.2) is 11.9 Å². The minimum absolute atomic E-state index is 0.379. The molecule has 0 radical (unpaired) electrons. The first-order valence-electron chi connectivity index (χ1n) is 6.00. The third-order valence-electron chi connectivity index (χ3n) is 3.48. The van der Waals surface area contributed by atoms with Gasteiger partial charge in [0, 0.05) is 10.7 Å². The van der Waals surface area contributed by atoms with Crippen molar-refractivity contribution in [2.24, 2.45) is 5.41 Å². The topological polar surface area (TPSA) is 9.23 Å². The van der Waals surface area contributed by atoms with E-state index in [1.165, 1.54) is 31.2 Å². The minimum atomic E-state index is 0.379. The highest BCUT2D eigenvalue weighted by Crippen LogP contribution is 2.39. The van der Waals surface area contributed by atoms with Gasteiger partial charge in [0.1, 0.15) is 5.75 Å². The highest BCUT2D eigenvalue weighted by Gasteiger charge is 2.33. The summed E-state index contributed by atoms with van der Waals surface area (Å²) in [5, 5.41) is 1.06. The second kappa shape index (κ2) is 5.22. The van der Waals surface area contributed by atoms with Gasteiger partial charge in [-0.2, -0.15) is 0 Å². The molecule has 1 aromatic carbocycles. The van der Waals surface area contributed by atoms with E-state index in [2.05, 4.69) is 41.1 Å². The quantitative estimate of drug-likeness (QED) is 0.747. The van der Waals surface area contributed by atoms with Crippen molar-refractivity contribution in [3.8, 4) is 5.75 Å². The zero-order chi connectivity index (χ0) is 11.4. The molecule has 1 aliphatic carbocycles. The van der Waals surface area contributed by atoms with Crippen LogP contribution in [0.2, 0.25) is 0 Å². The normalized spacial score (nSPS) is 18.6. The molecule has 88 valence electrons. The zero-order valence-electron chi connectivity index (χ0n) is 9.84. The molecule has 0 unspecified atom stereocenters. The first-order chi connectivity index (χ1) is 7.74. The van der Waals surface area contributed by atoms with Crippen LogP contribution in [0.15, 0.2) is 24.3 Å². The number of alkyl halides is 1. The molecule has 0 aliphatic heterocycles. The molecule has 0 amide bonds. The van der Waals surface area contributed by atoms with Gasteiger partial charge in [-0.25, -0.2) is 0 Å². The van der Waals surface area contributed by atoms with Crippen molar-refractivity contribution in [1.29, 1.82) is 0 Å². The van der Waals surface area contributed by atoms with E-state index in [1.807, 2.05) is 6.07 Å². The fourth-order valence-corrected chi connectivity index (χ4v) is 3.11. The number of halogens is 1. The van der Waals surface area contributed by atoms with Gasteiger partial charge in [0.2, 0.25) is 0 Å². The highest BCUT2D eigenvalue weighted by molar-refractivity contribution is 9.09. The van der Waals surface area contributed by atoms with E-state index < -0.39 is 0 Å². The second-order valence-electron chi connectivity index (χ2n) is 4.95. The SMILES string of the molecule is Cc1cccc(OCC2(CBr)CCCC2)c1. The van der Waals surface area contributed by atoms with Crippen molar-refractivity contribution in [1.82, 2.24) is 0 Å². The molecular weight excluding hydrogens is 264 g/mol. The van der Waals surface area contributed by atoms with Crippen LogP contribution in [0.4, 0.5) is 0 Å². The van der Waals surface area contributed by atoms with Gasteiger partial charge in [0.05, 0.1) is 6.61 Å². The molecule has 0 heterocycles. The lowest BCUT2D eigenvalue weighted by Gasteiger charge is -2.26. The Kier molecular flexibility index (Phi) is 3.91.